The Morgan fingerprint density at radius 3 is 2.58 bits per heavy atom. The summed E-state index contributed by atoms with van der Waals surface area (Å²) in [6.45, 7) is 2.78. The highest BCUT2D eigenvalue weighted by molar-refractivity contribution is 5.93. The molecule has 136 valence electrons. The lowest BCUT2D eigenvalue weighted by Crippen LogP contribution is -2.18. The fraction of sp³-hybridized carbons (Fsp3) is 0.250. The second-order valence-corrected chi connectivity index (χ2v) is 5.71. The molecule has 0 atom stereocenters. The summed E-state index contributed by atoms with van der Waals surface area (Å²) in [5.41, 5.74) is 1.58. The number of hydrogen-bond acceptors (Lipinski definition) is 4. The Kier molecular flexibility index (Phi) is 5.31. The smallest absolute Gasteiger partial charge is 0.244 e. The number of nitrogens with zero attached hydrogens (tertiary/aromatic N) is 1. The van der Waals surface area contributed by atoms with Gasteiger partial charge < -0.3 is 24.1 Å². The van der Waals surface area contributed by atoms with Crippen LogP contribution in [0.3, 0.4) is 0 Å². The van der Waals surface area contributed by atoms with Gasteiger partial charge in [-0.15, -0.1) is 0 Å². The molecule has 1 amide bonds. The number of anilines is 1. The topological polar surface area (TPSA) is 61.7 Å². The largest absolute Gasteiger partial charge is 0.497 e. The number of carbonyl (C=O) groups excluding carboxylic acids is 1. The van der Waals surface area contributed by atoms with Gasteiger partial charge in [-0.1, -0.05) is 0 Å². The number of benzene rings is 2. The quantitative estimate of drug-likeness (QED) is 0.703. The standard InChI is InChI=1S/C20H22N2O4/c1-4-26-16-6-8-18-14(11-16)9-10-22(18)13-20(23)21-17-7-5-15(24-2)12-19(17)25-3/h5-12H,4,13H2,1-3H3,(H,21,23). The molecule has 0 radical (unpaired) electrons. The van der Waals surface area contributed by atoms with Crippen molar-refractivity contribution in [3.63, 3.8) is 0 Å². The number of aromatic nitrogens is 1. The minimum atomic E-state index is -0.139. The zero-order valence-corrected chi connectivity index (χ0v) is 15.1. The summed E-state index contributed by atoms with van der Waals surface area (Å²) >= 11 is 0. The van der Waals surface area contributed by atoms with Crippen molar-refractivity contribution in [2.24, 2.45) is 0 Å². The minimum Gasteiger partial charge on any atom is -0.497 e. The van der Waals surface area contributed by atoms with E-state index in [-0.39, 0.29) is 12.5 Å². The molecule has 0 bridgehead atoms. The van der Waals surface area contributed by atoms with Crippen molar-refractivity contribution < 1.29 is 19.0 Å². The fourth-order valence-electron chi connectivity index (χ4n) is 2.82. The molecule has 0 unspecified atom stereocenters. The van der Waals surface area contributed by atoms with Gasteiger partial charge in [-0.2, -0.15) is 0 Å². The molecule has 0 spiro atoms. The summed E-state index contributed by atoms with van der Waals surface area (Å²) in [7, 11) is 3.14. The molecule has 26 heavy (non-hydrogen) atoms. The van der Waals surface area contributed by atoms with E-state index in [2.05, 4.69) is 5.32 Å². The van der Waals surface area contributed by atoms with Crippen molar-refractivity contribution in [3.8, 4) is 17.2 Å². The van der Waals surface area contributed by atoms with Crippen LogP contribution in [0.1, 0.15) is 6.92 Å². The van der Waals surface area contributed by atoms with E-state index in [9.17, 15) is 4.79 Å². The molecule has 6 nitrogen and oxygen atoms in total. The van der Waals surface area contributed by atoms with Gasteiger partial charge >= 0.3 is 0 Å². The predicted octanol–water partition coefficient (Wildman–Crippen LogP) is 3.70. The van der Waals surface area contributed by atoms with Crippen LogP contribution in [0.25, 0.3) is 10.9 Å². The molecule has 3 rings (SSSR count). The summed E-state index contributed by atoms with van der Waals surface area (Å²) in [4.78, 5) is 12.5. The Bertz CT molecular complexity index is 917. The van der Waals surface area contributed by atoms with Crippen molar-refractivity contribution in [2.75, 3.05) is 26.1 Å². The summed E-state index contributed by atoms with van der Waals surface area (Å²) in [5.74, 6) is 1.91. The van der Waals surface area contributed by atoms with Crippen LogP contribution < -0.4 is 19.5 Å². The second kappa shape index (κ2) is 7.82. The van der Waals surface area contributed by atoms with E-state index in [4.69, 9.17) is 14.2 Å². The van der Waals surface area contributed by atoms with Gasteiger partial charge in [-0.05, 0) is 43.3 Å². The van der Waals surface area contributed by atoms with Gasteiger partial charge in [-0.3, -0.25) is 4.79 Å². The summed E-state index contributed by atoms with van der Waals surface area (Å²) < 4.78 is 17.9. The Labute approximate surface area is 152 Å². The van der Waals surface area contributed by atoms with E-state index in [0.29, 0.717) is 23.8 Å². The average Bonchev–Trinajstić information content (AvgIpc) is 3.04. The third-order valence-corrected chi connectivity index (χ3v) is 4.05. The normalized spacial score (nSPS) is 10.6. The first-order valence-corrected chi connectivity index (χ1v) is 8.38. The highest BCUT2D eigenvalue weighted by Crippen LogP contribution is 2.29. The lowest BCUT2D eigenvalue weighted by molar-refractivity contribution is -0.116. The maximum Gasteiger partial charge on any atom is 0.244 e. The highest BCUT2D eigenvalue weighted by Gasteiger charge is 2.11. The van der Waals surface area contributed by atoms with Crippen molar-refractivity contribution in [3.05, 3.63) is 48.7 Å². The molecule has 6 heteroatoms. The maximum absolute atomic E-state index is 12.5. The number of amides is 1. The van der Waals surface area contributed by atoms with Crippen LogP contribution in [-0.4, -0.2) is 31.3 Å². The lowest BCUT2D eigenvalue weighted by atomic mass is 10.2. The van der Waals surface area contributed by atoms with Gasteiger partial charge in [-0.25, -0.2) is 0 Å². The van der Waals surface area contributed by atoms with Gasteiger partial charge in [0.25, 0.3) is 0 Å². The number of fused-ring (bicyclic) bond motifs is 1. The number of methoxy groups -OCH3 is 2. The molecule has 3 aromatic rings. The van der Waals surface area contributed by atoms with E-state index in [1.54, 1.807) is 32.4 Å². The number of carbonyl (C=O) groups is 1. The molecular weight excluding hydrogens is 332 g/mol. The summed E-state index contributed by atoms with van der Waals surface area (Å²) in [6.07, 6.45) is 1.89. The van der Waals surface area contributed by atoms with Crippen LogP contribution >= 0.6 is 0 Å². The molecule has 0 aliphatic rings. The molecule has 1 aromatic heterocycles. The Morgan fingerprint density at radius 1 is 1.04 bits per heavy atom. The first kappa shape index (κ1) is 17.7. The Morgan fingerprint density at radius 2 is 1.85 bits per heavy atom. The van der Waals surface area contributed by atoms with Gasteiger partial charge in [0.05, 0.1) is 26.5 Å². The van der Waals surface area contributed by atoms with Crippen LogP contribution in [0.15, 0.2) is 48.7 Å². The first-order chi connectivity index (χ1) is 12.6. The molecule has 0 fully saturated rings. The van der Waals surface area contributed by atoms with E-state index in [0.717, 1.165) is 16.7 Å². The van der Waals surface area contributed by atoms with E-state index in [1.165, 1.54) is 0 Å². The van der Waals surface area contributed by atoms with Gasteiger partial charge in [0, 0.05) is 23.2 Å². The van der Waals surface area contributed by atoms with Crippen LogP contribution in [0.5, 0.6) is 17.2 Å². The SMILES string of the molecule is CCOc1ccc2c(ccn2CC(=O)Nc2ccc(OC)cc2OC)c1. The van der Waals surface area contributed by atoms with Crippen LogP contribution in [0, 0.1) is 0 Å². The van der Waals surface area contributed by atoms with E-state index >= 15 is 0 Å². The van der Waals surface area contributed by atoms with E-state index in [1.807, 2.05) is 42.0 Å². The fourth-order valence-corrected chi connectivity index (χ4v) is 2.82. The van der Waals surface area contributed by atoms with Crippen molar-refractivity contribution in [1.82, 2.24) is 4.57 Å². The minimum absolute atomic E-state index is 0.139. The second-order valence-electron chi connectivity index (χ2n) is 5.71. The number of nitrogens with one attached hydrogen (secondary N) is 1. The molecule has 2 aromatic carbocycles. The third kappa shape index (κ3) is 3.74. The molecule has 0 aliphatic heterocycles. The molecule has 0 saturated heterocycles. The number of ether oxygens (including phenoxy) is 3. The lowest BCUT2D eigenvalue weighted by Gasteiger charge is -2.12. The van der Waals surface area contributed by atoms with Crippen LogP contribution in [0.4, 0.5) is 5.69 Å². The summed E-state index contributed by atoms with van der Waals surface area (Å²) in [5, 5.41) is 3.92. The van der Waals surface area contributed by atoms with E-state index < -0.39 is 0 Å². The predicted molar refractivity (Wildman–Crippen MR) is 101 cm³/mol. The zero-order chi connectivity index (χ0) is 18.5. The number of rotatable bonds is 7. The first-order valence-electron chi connectivity index (χ1n) is 8.38. The maximum atomic E-state index is 12.5. The molecule has 0 saturated carbocycles. The zero-order valence-electron chi connectivity index (χ0n) is 15.1. The van der Waals surface area contributed by atoms with Gasteiger partial charge in [0.15, 0.2) is 0 Å². The Hall–Kier alpha value is -3.15. The van der Waals surface area contributed by atoms with Gasteiger partial charge in [0.1, 0.15) is 23.8 Å². The third-order valence-electron chi connectivity index (χ3n) is 4.05. The van der Waals surface area contributed by atoms with Crippen molar-refractivity contribution in [1.29, 1.82) is 0 Å². The highest BCUT2D eigenvalue weighted by atomic mass is 16.5. The molecular formula is C20H22N2O4. The molecule has 1 N–H and O–H groups in total. The average molecular weight is 354 g/mol. The monoisotopic (exact) mass is 354 g/mol. The van der Waals surface area contributed by atoms with Gasteiger partial charge in [0.2, 0.25) is 5.91 Å². The van der Waals surface area contributed by atoms with Crippen LogP contribution in [-0.2, 0) is 11.3 Å². The van der Waals surface area contributed by atoms with Crippen LogP contribution in [0.2, 0.25) is 0 Å². The summed E-state index contributed by atoms with van der Waals surface area (Å²) in [6, 6.07) is 13.1. The molecule has 1 heterocycles. The number of hydrogen-bond donors (Lipinski definition) is 1. The Balaban J connectivity index is 1.75. The molecule has 0 aliphatic carbocycles. The van der Waals surface area contributed by atoms with Crippen molar-refractivity contribution in [2.45, 2.75) is 13.5 Å². The van der Waals surface area contributed by atoms with Crippen molar-refractivity contribution >= 4 is 22.5 Å².